The van der Waals surface area contributed by atoms with Crippen molar-refractivity contribution in [3.63, 3.8) is 0 Å². The number of benzene rings is 2. The van der Waals surface area contributed by atoms with Crippen molar-refractivity contribution in [2.45, 2.75) is 25.7 Å². The van der Waals surface area contributed by atoms with Crippen LogP contribution in [-0.2, 0) is 25.7 Å². The molecule has 2 aromatic carbocycles. The van der Waals surface area contributed by atoms with Crippen molar-refractivity contribution in [2.24, 2.45) is 0 Å². The van der Waals surface area contributed by atoms with Gasteiger partial charge in [-0.25, -0.2) is 0 Å². The maximum atomic E-state index is 6.36. The molecule has 4 bridgehead atoms. The predicted molar refractivity (Wildman–Crippen MR) is 87.7 cm³/mol. The summed E-state index contributed by atoms with van der Waals surface area (Å²) in [6.07, 6.45) is 3.20. The average Bonchev–Trinajstić information content (AvgIpc) is 2.43. The van der Waals surface area contributed by atoms with E-state index < -0.39 is 0 Å². The first-order chi connectivity index (χ1) is 9.58. The highest BCUT2D eigenvalue weighted by molar-refractivity contribution is 6.43. The minimum Gasteiger partial charge on any atom is -0.0824 e. The molecule has 0 saturated heterocycles. The van der Waals surface area contributed by atoms with Crippen LogP contribution in [0.1, 0.15) is 22.3 Å². The maximum Gasteiger partial charge on any atom is 0.0627 e. The van der Waals surface area contributed by atoms with Crippen LogP contribution in [0.5, 0.6) is 0 Å². The molecule has 0 aliphatic heterocycles. The van der Waals surface area contributed by atoms with Gasteiger partial charge in [0.25, 0.3) is 0 Å². The second-order valence-electron chi connectivity index (χ2n) is 5.02. The molecule has 4 aliphatic carbocycles. The monoisotopic (exact) mass is 344 g/mol. The number of aryl methyl sites for hydroxylation is 4. The smallest absolute Gasteiger partial charge is 0.0627 e. The standard InChI is InChI=1S/C16H12Cl4/c17-13-9-1-2-10(14(13)18)7-8-12-4-3-11(6-5-9)15(19)16(12)20/h1-4H,5-8H2. The Bertz CT molecular complexity index is 559. The molecule has 0 nitrogen and oxygen atoms in total. The Morgan fingerprint density at radius 1 is 0.450 bits per heavy atom. The zero-order chi connectivity index (χ0) is 14.3. The van der Waals surface area contributed by atoms with Crippen LogP contribution in [0.3, 0.4) is 0 Å². The minimum atomic E-state index is 0.668. The fourth-order valence-corrected chi connectivity index (χ4v) is 3.69. The lowest BCUT2D eigenvalue weighted by atomic mass is 9.96. The molecule has 4 heteroatoms. The molecule has 6 rings (SSSR count). The predicted octanol–water partition coefficient (Wildman–Crippen LogP) is 6.18. The summed E-state index contributed by atoms with van der Waals surface area (Å²) in [7, 11) is 0. The second-order valence-corrected chi connectivity index (χ2v) is 6.54. The van der Waals surface area contributed by atoms with E-state index in [4.69, 9.17) is 46.4 Å². The van der Waals surface area contributed by atoms with Gasteiger partial charge in [-0.3, -0.25) is 0 Å². The lowest BCUT2D eigenvalue weighted by Gasteiger charge is -2.15. The Hall–Kier alpha value is -0.400. The van der Waals surface area contributed by atoms with Gasteiger partial charge < -0.3 is 0 Å². The Morgan fingerprint density at radius 2 is 0.650 bits per heavy atom. The highest BCUT2D eigenvalue weighted by Gasteiger charge is 2.15. The second kappa shape index (κ2) is 5.77. The fraction of sp³-hybridized carbons (Fsp3) is 0.250. The van der Waals surface area contributed by atoms with E-state index in [0.29, 0.717) is 20.1 Å². The van der Waals surface area contributed by atoms with Gasteiger partial charge in [-0.2, -0.15) is 0 Å². The van der Waals surface area contributed by atoms with E-state index in [1.807, 2.05) is 0 Å². The topological polar surface area (TPSA) is 0 Å². The molecule has 4 aliphatic rings. The average molecular weight is 346 g/mol. The van der Waals surface area contributed by atoms with Gasteiger partial charge >= 0.3 is 0 Å². The molecular weight excluding hydrogens is 334 g/mol. The van der Waals surface area contributed by atoms with E-state index in [9.17, 15) is 0 Å². The van der Waals surface area contributed by atoms with Gasteiger partial charge in [0.15, 0.2) is 0 Å². The summed E-state index contributed by atoms with van der Waals surface area (Å²) in [4.78, 5) is 0. The van der Waals surface area contributed by atoms with Crippen molar-refractivity contribution >= 4 is 46.4 Å². The normalized spacial score (nSPS) is 14.2. The zero-order valence-electron chi connectivity index (χ0n) is 10.6. The number of hydrogen-bond donors (Lipinski definition) is 0. The number of hydrogen-bond acceptors (Lipinski definition) is 0. The maximum absolute atomic E-state index is 6.36. The molecule has 2 aromatic rings. The summed E-state index contributed by atoms with van der Waals surface area (Å²) in [5, 5.41) is 2.67. The zero-order valence-corrected chi connectivity index (χ0v) is 13.7. The van der Waals surface area contributed by atoms with Crippen LogP contribution >= 0.6 is 46.4 Å². The Morgan fingerprint density at radius 3 is 0.850 bits per heavy atom. The SMILES string of the molecule is Clc1c2ccc(c1Cl)CCc1ccc(c(Cl)c1Cl)CC2. The first-order valence-corrected chi connectivity index (χ1v) is 8.00. The van der Waals surface area contributed by atoms with Crippen molar-refractivity contribution in [1.29, 1.82) is 0 Å². The first kappa shape index (κ1) is 14.5. The Balaban J connectivity index is 2.12. The summed E-state index contributed by atoms with van der Waals surface area (Å²) in [5.74, 6) is 0. The van der Waals surface area contributed by atoms with Crippen LogP contribution in [0.2, 0.25) is 20.1 Å². The van der Waals surface area contributed by atoms with E-state index in [1.54, 1.807) is 0 Å². The van der Waals surface area contributed by atoms with Crippen molar-refractivity contribution in [3.05, 3.63) is 66.6 Å². The van der Waals surface area contributed by atoms with Gasteiger partial charge in [-0.15, -0.1) is 0 Å². The summed E-state index contributed by atoms with van der Waals surface area (Å²) < 4.78 is 0. The van der Waals surface area contributed by atoms with Gasteiger partial charge in [-0.05, 0) is 47.9 Å². The van der Waals surface area contributed by atoms with Crippen LogP contribution < -0.4 is 0 Å². The quantitative estimate of drug-likeness (QED) is 0.534. The van der Waals surface area contributed by atoms with Crippen molar-refractivity contribution in [1.82, 2.24) is 0 Å². The molecule has 0 unspecified atom stereocenters. The van der Waals surface area contributed by atoms with E-state index in [1.165, 1.54) is 0 Å². The van der Waals surface area contributed by atoms with E-state index in [0.717, 1.165) is 47.9 Å². The molecule has 104 valence electrons. The molecule has 0 heterocycles. The molecule has 0 saturated carbocycles. The lowest BCUT2D eigenvalue weighted by Crippen LogP contribution is -2.01. The number of rotatable bonds is 0. The summed E-state index contributed by atoms with van der Waals surface area (Å²) >= 11 is 25.4. The van der Waals surface area contributed by atoms with Crippen LogP contribution in [-0.4, -0.2) is 0 Å². The van der Waals surface area contributed by atoms with Crippen LogP contribution in [0.4, 0.5) is 0 Å². The Labute approximate surface area is 138 Å². The largest absolute Gasteiger partial charge is 0.0824 e. The molecule has 20 heavy (non-hydrogen) atoms. The van der Waals surface area contributed by atoms with Gasteiger partial charge in [0.1, 0.15) is 0 Å². The molecular formula is C16H12Cl4. The summed E-state index contributed by atoms with van der Waals surface area (Å²) in [6, 6.07) is 8.25. The van der Waals surface area contributed by atoms with Gasteiger partial charge in [-0.1, -0.05) is 70.7 Å². The van der Waals surface area contributed by atoms with E-state index in [-0.39, 0.29) is 0 Å². The van der Waals surface area contributed by atoms with Crippen LogP contribution in [0.25, 0.3) is 0 Å². The third kappa shape index (κ3) is 2.55. The van der Waals surface area contributed by atoms with Crippen LogP contribution in [0, 0.1) is 0 Å². The third-order valence-corrected chi connectivity index (χ3v) is 5.73. The molecule has 0 atom stereocenters. The molecule has 0 radical (unpaired) electrons. The molecule has 0 spiro atoms. The van der Waals surface area contributed by atoms with Gasteiger partial charge in [0.05, 0.1) is 20.1 Å². The Kier molecular flexibility index (Phi) is 4.19. The molecule has 0 amide bonds. The number of halogens is 4. The minimum absolute atomic E-state index is 0.668. The highest BCUT2D eigenvalue weighted by atomic mass is 35.5. The molecule has 0 aromatic heterocycles. The molecule has 0 fully saturated rings. The summed E-state index contributed by atoms with van der Waals surface area (Å²) in [5.41, 5.74) is 4.21. The van der Waals surface area contributed by atoms with Crippen LogP contribution in [0.15, 0.2) is 24.3 Å². The van der Waals surface area contributed by atoms with Crippen molar-refractivity contribution in [3.8, 4) is 0 Å². The summed E-state index contributed by atoms with van der Waals surface area (Å²) in [6.45, 7) is 0. The molecule has 0 N–H and O–H groups in total. The van der Waals surface area contributed by atoms with Gasteiger partial charge in [0, 0.05) is 0 Å². The van der Waals surface area contributed by atoms with Crippen molar-refractivity contribution < 1.29 is 0 Å². The van der Waals surface area contributed by atoms with Gasteiger partial charge in [0.2, 0.25) is 0 Å². The first-order valence-electron chi connectivity index (χ1n) is 6.49. The van der Waals surface area contributed by atoms with E-state index >= 15 is 0 Å². The highest BCUT2D eigenvalue weighted by Crippen LogP contribution is 2.35. The third-order valence-electron chi connectivity index (χ3n) is 3.81. The van der Waals surface area contributed by atoms with E-state index in [2.05, 4.69) is 24.3 Å². The fourth-order valence-electron chi connectivity index (χ4n) is 2.57. The lowest BCUT2D eigenvalue weighted by molar-refractivity contribution is 0.922. The van der Waals surface area contributed by atoms with Crippen molar-refractivity contribution in [2.75, 3.05) is 0 Å².